The van der Waals surface area contributed by atoms with Gasteiger partial charge >= 0.3 is 0 Å². The Labute approximate surface area is 157 Å². The van der Waals surface area contributed by atoms with Crippen LogP contribution >= 0.6 is 47.2 Å². The second kappa shape index (κ2) is 8.08. The normalized spacial score (nSPS) is 11.2. The summed E-state index contributed by atoms with van der Waals surface area (Å²) in [5.74, 6) is 0.353. The Kier molecular flexibility index (Phi) is 7.02. The zero-order valence-electron chi connectivity index (χ0n) is 12.7. The van der Waals surface area contributed by atoms with Crippen molar-refractivity contribution in [3.05, 3.63) is 51.3 Å². The Morgan fingerprint density at radius 2 is 1.91 bits per heavy atom. The van der Waals surface area contributed by atoms with Gasteiger partial charge in [-0.05, 0) is 43.2 Å². The predicted molar refractivity (Wildman–Crippen MR) is 106 cm³/mol. The summed E-state index contributed by atoms with van der Waals surface area (Å²) in [7, 11) is 1.84. The Balaban J connectivity index is 0.00000242. The van der Waals surface area contributed by atoms with Crippen LogP contribution in [0.1, 0.15) is 16.8 Å². The molecule has 0 aliphatic rings. The van der Waals surface area contributed by atoms with Crippen molar-refractivity contribution in [1.82, 2.24) is 4.57 Å². The minimum absolute atomic E-state index is 0. The van der Waals surface area contributed by atoms with E-state index >= 15 is 0 Å². The molecule has 1 heterocycles. The number of rotatable bonds is 3. The second-order valence-corrected chi connectivity index (χ2v) is 5.72. The van der Waals surface area contributed by atoms with Gasteiger partial charge in [-0.1, -0.05) is 29.3 Å². The van der Waals surface area contributed by atoms with E-state index in [9.17, 15) is 0 Å². The summed E-state index contributed by atoms with van der Waals surface area (Å²) < 4.78 is 1.79. The molecule has 0 fully saturated rings. The molecular formula is C15H19Cl2IN4. The van der Waals surface area contributed by atoms with Crippen LogP contribution in [0.25, 0.3) is 0 Å². The molecule has 3 N–H and O–H groups in total. The van der Waals surface area contributed by atoms with Crippen molar-refractivity contribution in [1.29, 1.82) is 0 Å². The number of guanidine groups is 1. The van der Waals surface area contributed by atoms with Crippen molar-refractivity contribution >= 4 is 58.8 Å². The van der Waals surface area contributed by atoms with Gasteiger partial charge in [-0.15, -0.1) is 24.0 Å². The van der Waals surface area contributed by atoms with Crippen LogP contribution in [-0.4, -0.2) is 10.5 Å². The van der Waals surface area contributed by atoms with Crippen molar-refractivity contribution in [3.63, 3.8) is 0 Å². The molecule has 0 radical (unpaired) electrons. The maximum Gasteiger partial charge on any atom is 0.193 e. The average Bonchev–Trinajstić information content (AvgIpc) is 2.68. The number of benzene rings is 1. The first-order valence-corrected chi connectivity index (χ1v) is 7.28. The summed E-state index contributed by atoms with van der Waals surface area (Å²) in [6, 6.07) is 7.84. The van der Waals surface area contributed by atoms with Crippen molar-refractivity contribution < 1.29 is 0 Å². The van der Waals surface area contributed by atoms with E-state index in [0.29, 0.717) is 22.7 Å². The monoisotopic (exact) mass is 452 g/mol. The molecule has 0 bridgehead atoms. The maximum absolute atomic E-state index is 6.01. The fourth-order valence-corrected chi connectivity index (χ4v) is 2.33. The van der Waals surface area contributed by atoms with Crippen LogP contribution in [0, 0.1) is 13.8 Å². The fourth-order valence-electron chi connectivity index (χ4n) is 1.91. The van der Waals surface area contributed by atoms with Crippen molar-refractivity contribution in [2.24, 2.45) is 17.8 Å². The Bertz CT molecular complexity index is 695. The Morgan fingerprint density at radius 3 is 2.45 bits per heavy atom. The van der Waals surface area contributed by atoms with Crippen LogP contribution in [0.15, 0.2) is 29.3 Å². The van der Waals surface area contributed by atoms with Crippen molar-refractivity contribution in [2.75, 3.05) is 5.32 Å². The van der Waals surface area contributed by atoms with E-state index in [4.69, 9.17) is 28.9 Å². The molecule has 0 amide bonds. The van der Waals surface area contributed by atoms with E-state index in [1.165, 1.54) is 11.1 Å². The molecule has 0 aliphatic carbocycles. The van der Waals surface area contributed by atoms with E-state index in [0.717, 1.165) is 11.4 Å². The standard InChI is InChI=1S/C15H18Cl2N4.HI/c1-9-4-5-11(6-10(9)2)20-15(18)19-8-12-7-13(16)14(17)21(12)3;/h4-7H,8H2,1-3H3,(H3,18,19,20);1H. The molecule has 1 aromatic heterocycles. The number of aliphatic imine (C=N–C) groups is 1. The van der Waals surface area contributed by atoms with E-state index in [-0.39, 0.29) is 24.0 Å². The minimum atomic E-state index is 0. The van der Waals surface area contributed by atoms with Gasteiger partial charge in [-0.3, -0.25) is 0 Å². The number of nitrogens with zero attached hydrogens (tertiary/aromatic N) is 2. The van der Waals surface area contributed by atoms with Gasteiger partial charge in [-0.2, -0.15) is 0 Å². The zero-order chi connectivity index (χ0) is 15.6. The van der Waals surface area contributed by atoms with Gasteiger partial charge < -0.3 is 15.6 Å². The highest BCUT2D eigenvalue weighted by molar-refractivity contribution is 14.0. The lowest BCUT2D eigenvalue weighted by Crippen LogP contribution is -2.22. The summed E-state index contributed by atoms with van der Waals surface area (Å²) in [6.45, 7) is 4.54. The first kappa shape index (κ1) is 19.1. The van der Waals surface area contributed by atoms with Crippen LogP contribution in [0.3, 0.4) is 0 Å². The highest BCUT2D eigenvalue weighted by Crippen LogP contribution is 2.25. The van der Waals surface area contributed by atoms with E-state index in [2.05, 4.69) is 24.2 Å². The molecule has 120 valence electrons. The maximum atomic E-state index is 6.01. The lowest BCUT2D eigenvalue weighted by Gasteiger charge is -2.08. The smallest absolute Gasteiger partial charge is 0.193 e. The average molecular weight is 453 g/mol. The molecule has 0 spiro atoms. The van der Waals surface area contributed by atoms with E-state index in [1.807, 2.05) is 25.2 Å². The van der Waals surface area contributed by atoms with Gasteiger partial charge in [0.2, 0.25) is 0 Å². The largest absolute Gasteiger partial charge is 0.370 e. The molecule has 0 saturated heterocycles. The second-order valence-electron chi connectivity index (χ2n) is 4.96. The number of hydrogen-bond donors (Lipinski definition) is 2. The topological polar surface area (TPSA) is 55.3 Å². The molecule has 0 aliphatic heterocycles. The van der Waals surface area contributed by atoms with E-state index < -0.39 is 0 Å². The molecular weight excluding hydrogens is 434 g/mol. The summed E-state index contributed by atoms with van der Waals surface area (Å²) in [5, 5.41) is 4.09. The quantitative estimate of drug-likeness (QED) is 0.409. The molecule has 22 heavy (non-hydrogen) atoms. The van der Waals surface area contributed by atoms with Crippen LogP contribution < -0.4 is 11.1 Å². The van der Waals surface area contributed by atoms with E-state index in [1.54, 1.807) is 10.6 Å². The zero-order valence-corrected chi connectivity index (χ0v) is 16.5. The summed E-state index contributed by atoms with van der Waals surface area (Å²) in [6.07, 6.45) is 0. The number of nitrogens with two attached hydrogens (primary N) is 1. The van der Waals surface area contributed by atoms with Crippen LogP contribution in [-0.2, 0) is 13.6 Å². The first-order valence-electron chi connectivity index (χ1n) is 6.52. The highest BCUT2D eigenvalue weighted by Gasteiger charge is 2.08. The van der Waals surface area contributed by atoms with Crippen molar-refractivity contribution in [3.8, 4) is 0 Å². The molecule has 2 rings (SSSR count). The predicted octanol–water partition coefficient (Wildman–Crippen LogP) is 4.49. The molecule has 0 atom stereocenters. The number of aromatic nitrogens is 1. The third-order valence-electron chi connectivity index (χ3n) is 3.41. The summed E-state index contributed by atoms with van der Waals surface area (Å²) in [5.41, 5.74) is 10.2. The van der Waals surface area contributed by atoms with Gasteiger partial charge in [0.05, 0.1) is 11.6 Å². The molecule has 0 saturated carbocycles. The minimum Gasteiger partial charge on any atom is -0.370 e. The molecule has 2 aromatic rings. The van der Waals surface area contributed by atoms with Crippen LogP contribution in [0.4, 0.5) is 5.69 Å². The third-order valence-corrected chi connectivity index (χ3v) is 4.25. The molecule has 4 nitrogen and oxygen atoms in total. The van der Waals surface area contributed by atoms with Crippen LogP contribution in [0.2, 0.25) is 10.2 Å². The number of hydrogen-bond acceptors (Lipinski definition) is 1. The van der Waals surface area contributed by atoms with Gasteiger partial charge in [-0.25, -0.2) is 4.99 Å². The summed E-state index contributed by atoms with van der Waals surface area (Å²) >= 11 is 12.0. The highest BCUT2D eigenvalue weighted by atomic mass is 127. The van der Waals surface area contributed by atoms with Gasteiger partial charge in [0, 0.05) is 18.4 Å². The van der Waals surface area contributed by atoms with Crippen LogP contribution in [0.5, 0.6) is 0 Å². The van der Waals surface area contributed by atoms with Gasteiger partial charge in [0.1, 0.15) is 5.15 Å². The summed E-state index contributed by atoms with van der Waals surface area (Å²) in [4.78, 5) is 4.30. The first-order chi connectivity index (χ1) is 9.88. The molecule has 1 aromatic carbocycles. The van der Waals surface area contributed by atoms with Gasteiger partial charge in [0.25, 0.3) is 0 Å². The molecule has 7 heteroatoms. The lowest BCUT2D eigenvalue weighted by atomic mass is 10.1. The fraction of sp³-hybridized carbons (Fsp3) is 0.267. The Hall–Kier alpha value is -0.920. The Morgan fingerprint density at radius 1 is 1.23 bits per heavy atom. The van der Waals surface area contributed by atoms with Crippen molar-refractivity contribution in [2.45, 2.75) is 20.4 Å². The van der Waals surface area contributed by atoms with Gasteiger partial charge in [0.15, 0.2) is 5.96 Å². The number of nitrogens with one attached hydrogen (secondary N) is 1. The SMILES string of the molecule is Cc1ccc(NC(N)=NCc2cc(Cl)c(Cl)n2C)cc1C.I. The number of halogens is 3. The number of anilines is 1. The lowest BCUT2D eigenvalue weighted by molar-refractivity contribution is 0.825. The molecule has 0 unspecified atom stereocenters. The third kappa shape index (κ3) is 4.54. The number of aryl methyl sites for hydroxylation is 2.